The normalized spacial score (nSPS) is 19.4. The van der Waals surface area contributed by atoms with Gasteiger partial charge in [-0.15, -0.1) is 0 Å². The molecule has 8 heteroatoms. The van der Waals surface area contributed by atoms with Gasteiger partial charge in [0.05, 0.1) is 18.5 Å². The molecular weight excluding hydrogens is 296 g/mol. The third kappa shape index (κ3) is 5.21. The van der Waals surface area contributed by atoms with Gasteiger partial charge < -0.3 is 14.7 Å². The fourth-order valence-corrected chi connectivity index (χ4v) is 3.66. The lowest BCUT2D eigenvalue weighted by atomic mass is 9.96. The summed E-state index contributed by atoms with van der Waals surface area (Å²) in [7, 11) is -0.0209. The zero-order valence-corrected chi connectivity index (χ0v) is 13.8. The summed E-state index contributed by atoms with van der Waals surface area (Å²) in [4.78, 5) is 13.8. The number of aliphatic hydroxyl groups excluding tert-OH is 1. The maximum absolute atomic E-state index is 12.3. The minimum Gasteiger partial charge on any atom is -0.389 e. The minimum atomic E-state index is -3.17. The summed E-state index contributed by atoms with van der Waals surface area (Å²) in [6.45, 7) is 2.81. The van der Waals surface area contributed by atoms with Crippen LogP contribution in [0.15, 0.2) is 0 Å². The van der Waals surface area contributed by atoms with E-state index in [2.05, 4.69) is 0 Å². The van der Waals surface area contributed by atoms with E-state index < -0.39 is 16.1 Å². The molecule has 1 heterocycles. The Morgan fingerprint density at radius 2 is 2.00 bits per heavy atom. The van der Waals surface area contributed by atoms with Crippen LogP contribution in [0.25, 0.3) is 0 Å². The van der Waals surface area contributed by atoms with Crippen LogP contribution in [0.3, 0.4) is 0 Å². The van der Waals surface area contributed by atoms with Gasteiger partial charge in [0.25, 0.3) is 0 Å². The number of ether oxygens (including phenoxy) is 1. The molecule has 1 atom stereocenters. The van der Waals surface area contributed by atoms with Crippen molar-refractivity contribution < 1.29 is 23.1 Å². The number of amides is 1. The van der Waals surface area contributed by atoms with Crippen LogP contribution >= 0.6 is 0 Å². The SMILES string of the molecule is CCS(=O)(=O)N1CCC(C(=O)N(C)CC(O)COC)CC1. The molecule has 1 N–H and O–H groups in total. The van der Waals surface area contributed by atoms with Crippen molar-refractivity contribution in [3.63, 3.8) is 0 Å². The van der Waals surface area contributed by atoms with Gasteiger partial charge in [0.15, 0.2) is 0 Å². The van der Waals surface area contributed by atoms with Crippen LogP contribution < -0.4 is 0 Å². The maximum Gasteiger partial charge on any atom is 0.225 e. The highest BCUT2D eigenvalue weighted by atomic mass is 32.2. The molecule has 1 aliphatic heterocycles. The predicted molar refractivity (Wildman–Crippen MR) is 79.3 cm³/mol. The number of methoxy groups -OCH3 is 1. The molecule has 0 aromatic heterocycles. The second kappa shape index (κ2) is 8.07. The molecule has 1 amide bonds. The van der Waals surface area contributed by atoms with Crippen LogP contribution in [0.2, 0.25) is 0 Å². The molecule has 0 radical (unpaired) electrons. The van der Waals surface area contributed by atoms with E-state index in [9.17, 15) is 18.3 Å². The first kappa shape index (κ1) is 18.3. The molecule has 1 unspecified atom stereocenters. The zero-order chi connectivity index (χ0) is 16.0. The predicted octanol–water partition coefficient (Wildman–Crippen LogP) is -0.486. The molecule has 1 rings (SSSR count). The number of aliphatic hydroxyl groups is 1. The number of carbonyl (C=O) groups excluding carboxylic acids is 1. The summed E-state index contributed by atoms with van der Waals surface area (Å²) in [6.07, 6.45) is 0.357. The molecule has 124 valence electrons. The molecule has 7 nitrogen and oxygen atoms in total. The van der Waals surface area contributed by atoms with Gasteiger partial charge in [0, 0.05) is 39.7 Å². The number of hydrogen-bond donors (Lipinski definition) is 1. The van der Waals surface area contributed by atoms with Crippen LogP contribution in [-0.2, 0) is 19.6 Å². The number of sulfonamides is 1. The van der Waals surface area contributed by atoms with Gasteiger partial charge in [0.1, 0.15) is 0 Å². The van der Waals surface area contributed by atoms with Crippen molar-refractivity contribution in [2.75, 3.05) is 46.2 Å². The van der Waals surface area contributed by atoms with Crippen molar-refractivity contribution in [1.82, 2.24) is 9.21 Å². The van der Waals surface area contributed by atoms with Gasteiger partial charge in [-0.05, 0) is 19.8 Å². The standard InChI is InChI=1S/C13H26N2O5S/c1-4-21(18,19)15-7-5-11(6-8-15)13(17)14(2)9-12(16)10-20-3/h11-12,16H,4-10H2,1-3H3. The van der Waals surface area contributed by atoms with Crippen LogP contribution in [0.1, 0.15) is 19.8 Å². The molecule has 1 aliphatic rings. The fourth-order valence-electron chi connectivity index (χ4n) is 2.53. The Balaban J connectivity index is 2.48. The summed E-state index contributed by atoms with van der Waals surface area (Å²) >= 11 is 0. The molecule has 0 aromatic carbocycles. The van der Waals surface area contributed by atoms with Gasteiger partial charge in [-0.2, -0.15) is 0 Å². The average Bonchev–Trinajstić information content (AvgIpc) is 2.46. The first-order valence-corrected chi connectivity index (χ1v) is 8.82. The van der Waals surface area contributed by atoms with Crippen LogP contribution in [0.4, 0.5) is 0 Å². The highest BCUT2D eigenvalue weighted by molar-refractivity contribution is 7.89. The van der Waals surface area contributed by atoms with E-state index in [-0.39, 0.29) is 30.7 Å². The molecule has 1 fully saturated rings. The van der Waals surface area contributed by atoms with E-state index >= 15 is 0 Å². The number of hydrogen-bond acceptors (Lipinski definition) is 5. The zero-order valence-electron chi connectivity index (χ0n) is 13.0. The second-order valence-electron chi connectivity index (χ2n) is 5.40. The fraction of sp³-hybridized carbons (Fsp3) is 0.923. The van der Waals surface area contributed by atoms with E-state index in [0.29, 0.717) is 25.9 Å². The largest absolute Gasteiger partial charge is 0.389 e. The molecule has 0 bridgehead atoms. The van der Waals surface area contributed by atoms with Crippen molar-refractivity contribution in [3.05, 3.63) is 0 Å². The smallest absolute Gasteiger partial charge is 0.225 e. The quantitative estimate of drug-likeness (QED) is 0.684. The summed E-state index contributed by atoms with van der Waals surface area (Å²) in [5.41, 5.74) is 0. The maximum atomic E-state index is 12.3. The second-order valence-corrected chi connectivity index (χ2v) is 7.66. The monoisotopic (exact) mass is 322 g/mol. The number of nitrogens with zero attached hydrogens (tertiary/aromatic N) is 2. The molecule has 0 aliphatic carbocycles. The summed E-state index contributed by atoms with van der Waals surface area (Å²) in [5, 5.41) is 9.64. The third-order valence-corrected chi connectivity index (χ3v) is 5.66. The first-order valence-electron chi connectivity index (χ1n) is 7.21. The Labute approximate surface area is 126 Å². The van der Waals surface area contributed by atoms with Crippen LogP contribution in [-0.4, -0.2) is 80.9 Å². The highest BCUT2D eigenvalue weighted by Crippen LogP contribution is 2.21. The topological polar surface area (TPSA) is 87.2 Å². The Hall–Kier alpha value is -0.700. The highest BCUT2D eigenvalue weighted by Gasteiger charge is 2.31. The van der Waals surface area contributed by atoms with Crippen molar-refractivity contribution in [3.8, 4) is 0 Å². The Bertz CT molecular complexity index is 432. The van der Waals surface area contributed by atoms with E-state index in [1.54, 1.807) is 14.0 Å². The van der Waals surface area contributed by atoms with Gasteiger partial charge >= 0.3 is 0 Å². The van der Waals surface area contributed by atoms with E-state index in [0.717, 1.165) is 0 Å². The summed E-state index contributed by atoms with van der Waals surface area (Å²) < 4.78 is 29.8. The van der Waals surface area contributed by atoms with Crippen molar-refractivity contribution in [2.45, 2.75) is 25.9 Å². The third-order valence-electron chi connectivity index (χ3n) is 3.78. The number of likely N-dealkylation sites (N-methyl/N-ethyl adjacent to an activating group) is 1. The van der Waals surface area contributed by atoms with Gasteiger partial charge in [-0.25, -0.2) is 12.7 Å². The molecule has 0 saturated carbocycles. The van der Waals surface area contributed by atoms with Crippen molar-refractivity contribution in [1.29, 1.82) is 0 Å². The summed E-state index contributed by atoms with van der Waals surface area (Å²) in [5.74, 6) is -0.124. The van der Waals surface area contributed by atoms with Crippen LogP contribution in [0, 0.1) is 5.92 Å². The Morgan fingerprint density at radius 3 is 2.48 bits per heavy atom. The first-order chi connectivity index (χ1) is 9.81. The lowest BCUT2D eigenvalue weighted by Gasteiger charge is -2.32. The molecule has 21 heavy (non-hydrogen) atoms. The van der Waals surface area contributed by atoms with E-state index in [1.165, 1.54) is 16.3 Å². The molecule has 1 saturated heterocycles. The van der Waals surface area contributed by atoms with Crippen molar-refractivity contribution in [2.24, 2.45) is 5.92 Å². The molecule has 0 spiro atoms. The number of piperidine rings is 1. The van der Waals surface area contributed by atoms with Gasteiger partial charge in [-0.1, -0.05) is 0 Å². The minimum absolute atomic E-state index is 0.0429. The van der Waals surface area contributed by atoms with Crippen molar-refractivity contribution >= 4 is 15.9 Å². The lowest BCUT2D eigenvalue weighted by molar-refractivity contribution is -0.137. The van der Waals surface area contributed by atoms with E-state index in [4.69, 9.17) is 4.74 Å². The van der Waals surface area contributed by atoms with Gasteiger partial charge in [-0.3, -0.25) is 4.79 Å². The lowest BCUT2D eigenvalue weighted by Crippen LogP contribution is -2.45. The summed E-state index contributed by atoms with van der Waals surface area (Å²) in [6, 6.07) is 0. The molecular formula is C13H26N2O5S. The molecule has 0 aromatic rings. The van der Waals surface area contributed by atoms with Gasteiger partial charge in [0.2, 0.25) is 15.9 Å². The van der Waals surface area contributed by atoms with E-state index in [1.807, 2.05) is 0 Å². The van der Waals surface area contributed by atoms with Crippen LogP contribution in [0.5, 0.6) is 0 Å². The Kier molecular flexibility index (Phi) is 7.05. The number of carbonyl (C=O) groups is 1. The number of rotatable bonds is 7. The Morgan fingerprint density at radius 1 is 1.43 bits per heavy atom. The average molecular weight is 322 g/mol.